The van der Waals surface area contributed by atoms with Crippen LogP contribution in [0.2, 0.25) is 0 Å². The molecule has 3 heteroatoms. The first kappa shape index (κ1) is 9.90. The first-order valence-corrected chi connectivity index (χ1v) is 4.82. The summed E-state index contributed by atoms with van der Waals surface area (Å²) in [7, 11) is 0. The Bertz CT molecular complexity index is 449. The third-order valence-corrected chi connectivity index (χ3v) is 2.79. The molecule has 15 heavy (non-hydrogen) atoms. The Balaban J connectivity index is 2.43. The van der Waals surface area contributed by atoms with Gasteiger partial charge in [0.1, 0.15) is 5.82 Å². The molecule has 0 saturated heterocycles. The van der Waals surface area contributed by atoms with E-state index in [1.54, 1.807) is 25.1 Å². The number of carboxylic acids is 1. The molecule has 0 amide bonds. The van der Waals surface area contributed by atoms with Crippen LogP contribution in [-0.4, -0.2) is 11.1 Å². The number of carboxylic acid groups (broad SMARTS) is 1. The fourth-order valence-corrected chi connectivity index (χ4v) is 1.90. The zero-order valence-corrected chi connectivity index (χ0v) is 8.33. The topological polar surface area (TPSA) is 37.3 Å². The highest BCUT2D eigenvalue weighted by molar-refractivity contribution is 5.89. The zero-order chi connectivity index (χ0) is 11.0. The highest BCUT2D eigenvalue weighted by atomic mass is 19.1. The normalized spacial score (nSPS) is 15.7. The van der Waals surface area contributed by atoms with E-state index in [2.05, 4.69) is 0 Å². The number of carbonyl (C=O) groups is 1. The van der Waals surface area contributed by atoms with Crippen molar-refractivity contribution in [3.63, 3.8) is 0 Å². The molecule has 1 unspecified atom stereocenters. The van der Waals surface area contributed by atoms with Crippen molar-refractivity contribution in [2.75, 3.05) is 0 Å². The van der Waals surface area contributed by atoms with Gasteiger partial charge >= 0.3 is 5.97 Å². The molecule has 2 rings (SSSR count). The molecule has 1 aliphatic rings. The van der Waals surface area contributed by atoms with Gasteiger partial charge in [0.15, 0.2) is 0 Å². The minimum atomic E-state index is -0.877. The van der Waals surface area contributed by atoms with Crippen LogP contribution in [0.25, 0.3) is 5.57 Å². The van der Waals surface area contributed by atoms with E-state index in [9.17, 15) is 9.18 Å². The first-order chi connectivity index (χ1) is 7.11. The monoisotopic (exact) mass is 206 g/mol. The molecule has 0 radical (unpaired) electrons. The molecule has 1 atom stereocenters. The Morgan fingerprint density at radius 3 is 2.93 bits per heavy atom. The molecule has 0 heterocycles. The van der Waals surface area contributed by atoms with E-state index in [0.717, 1.165) is 11.1 Å². The summed E-state index contributed by atoms with van der Waals surface area (Å²) in [5.74, 6) is -1.71. The predicted octanol–water partition coefficient (Wildman–Crippen LogP) is 2.49. The van der Waals surface area contributed by atoms with Gasteiger partial charge in [0, 0.05) is 0 Å². The van der Waals surface area contributed by atoms with Gasteiger partial charge in [-0.2, -0.15) is 0 Å². The molecule has 1 aliphatic carbocycles. The van der Waals surface area contributed by atoms with Gasteiger partial charge in [-0.3, -0.25) is 4.79 Å². The van der Waals surface area contributed by atoms with Crippen molar-refractivity contribution in [2.24, 2.45) is 5.92 Å². The number of halogens is 1. The lowest BCUT2D eigenvalue weighted by atomic mass is 9.95. The van der Waals surface area contributed by atoms with E-state index in [0.29, 0.717) is 12.0 Å². The average Bonchev–Trinajstić information content (AvgIpc) is 2.61. The quantitative estimate of drug-likeness (QED) is 0.807. The molecule has 0 saturated carbocycles. The van der Waals surface area contributed by atoms with Crippen LogP contribution in [0.3, 0.4) is 0 Å². The van der Waals surface area contributed by atoms with Crippen LogP contribution in [0, 0.1) is 11.7 Å². The number of allylic oxidation sites excluding steroid dienone is 1. The van der Waals surface area contributed by atoms with Gasteiger partial charge in [-0.1, -0.05) is 18.2 Å². The Kier molecular flexibility index (Phi) is 2.31. The third-order valence-electron chi connectivity index (χ3n) is 2.79. The van der Waals surface area contributed by atoms with Crippen LogP contribution in [0.4, 0.5) is 4.39 Å². The van der Waals surface area contributed by atoms with E-state index < -0.39 is 11.9 Å². The minimum absolute atomic E-state index is 0.253. The van der Waals surface area contributed by atoms with Gasteiger partial charge < -0.3 is 5.11 Å². The summed E-state index contributed by atoms with van der Waals surface area (Å²) in [6.07, 6.45) is 2.29. The Morgan fingerprint density at radius 1 is 1.53 bits per heavy atom. The molecule has 0 fully saturated rings. The van der Waals surface area contributed by atoms with Crippen molar-refractivity contribution in [3.05, 3.63) is 41.2 Å². The SMILES string of the molecule is CC(C(=O)O)C1=CCc2c(F)cccc21. The summed E-state index contributed by atoms with van der Waals surface area (Å²) in [5, 5.41) is 8.90. The van der Waals surface area contributed by atoms with Crippen LogP contribution in [0.1, 0.15) is 18.1 Å². The van der Waals surface area contributed by atoms with Gasteiger partial charge in [-0.15, -0.1) is 0 Å². The summed E-state index contributed by atoms with van der Waals surface area (Å²) in [5.41, 5.74) is 2.07. The van der Waals surface area contributed by atoms with E-state index in [-0.39, 0.29) is 5.82 Å². The van der Waals surface area contributed by atoms with Gasteiger partial charge in [0.05, 0.1) is 5.92 Å². The van der Waals surface area contributed by atoms with Crippen molar-refractivity contribution in [1.82, 2.24) is 0 Å². The molecular weight excluding hydrogens is 195 g/mol. The highest BCUT2D eigenvalue weighted by Gasteiger charge is 2.25. The summed E-state index contributed by atoms with van der Waals surface area (Å²) < 4.78 is 13.3. The van der Waals surface area contributed by atoms with E-state index in [1.165, 1.54) is 6.07 Å². The van der Waals surface area contributed by atoms with Crippen LogP contribution in [0.5, 0.6) is 0 Å². The van der Waals surface area contributed by atoms with Crippen molar-refractivity contribution in [3.8, 4) is 0 Å². The summed E-state index contributed by atoms with van der Waals surface area (Å²) >= 11 is 0. The maximum atomic E-state index is 13.3. The van der Waals surface area contributed by atoms with Gasteiger partial charge in [0.2, 0.25) is 0 Å². The molecule has 1 N–H and O–H groups in total. The van der Waals surface area contributed by atoms with Gasteiger partial charge in [0.25, 0.3) is 0 Å². The molecule has 0 aliphatic heterocycles. The molecular formula is C12H11FO2. The Labute approximate surface area is 87.0 Å². The summed E-state index contributed by atoms with van der Waals surface area (Å²) in [4.78, 5) is 10.8. The first-order valence-electron chi connectivity index (χ1n) is 4.82. The number of hydrogen-bond acceptors (Lipinski definition) is 1. The standard InChI is InChI=1S/C12H11FO2/c1-7(12(14)15)8-5-6-10-9(8)3-2-4-11(10)13/h2-5,7H,6H2,1H3,(H,14,15). The fourth-order valence-electron chi connectivity index (χ4n) is 1.90. The molecule has 0 aromatic heterocycles. The van der Waals surface area contributed by atoms with Crippen LogP contribution in [-0.2, 0) is 11.2 Å². The highest BCUT2D eigenvalue weighted by Crippen LogP contribution is 2.34. The van der Waals surface area contributed by atoms with E-state index >= 15 is 0 Å². The number of benzene rings is 1. The van der Waals surface area contributed by atoms with Gasteiger partial charge in [-0.05, 0) is 36.1 Å². The predicted molar refractivity (Wildman–Crippen MR) is 54.9 cm³/mol. The Morgan fingerprint density at radius 2 is 2.27 bits per heavy atom. The number of aliphatic carboxylic acids is 1. The summed E-state index contributed by atoms with van der Waals surface area (Å²) in [6.45, 7) is 1.62. The Hall–Kier alpha value is -1.64. The second kappa shape index (κ2) is 3.50. The van der Waals surface area contributed by atoms with Crippen LogP contribution >= 0.6 is 0 Å². The molecule has 1 aromatic carbocycles. The maximum absolute atomic E-state index is 13.3. The second-order valence-electron chi connectivity index (χ2n) is 3.69. The maximum Gasteiger partial charge on any atom is 0.310 e. The lowest BCUT2D eigenvalue weighted by Gasteiger charge is -2.10. The van der Waals surface area contributed by atoms with Crippen molar-refractivity contribution in [1.29, 1.82) is 0 Å². The van der Waals surface area contributed by atoms with Crippen LogP contribution < -0.4 is 0 Å². The van der Waals surface area contributed by atoms with Gasteiger partial charge in [-0.25, -0.2) is 4.39 Å². The second-order valence-corrected chi connectivity index (χ2v) is 3.69. The molecule has 0 spiro atoms. The van der Waals surface area contributed by atoms with E-state index in [1.807, 2.05) is 0 Å². The number of fused-ring (bicyclic) bond motifs is 1. The van der Waals surface area contributed by atoms with Crippen molar-refractivity contribution in [2.45, 2.75) is 13.3 Å². The molecule has 1 aromatic rings. The lowest BCUT2D eigenvalue weighted by Crippen LogP contribution is -2.10. The largest absolute Gasteiger partial charge is 0.481 e. The van der Waals surface area contributed by atoms with Crippen molar-refractivity contribution < 1.29 is 14.3 Å². The average molecular weight is 206 g/mol. The van der Waals surface area contributed by atoms with Crippen LogP contribution in [0.15, 0.2) is 24.3 Å². The molecule has 78 valence electrons. The van der Waals surface area contributed by atoms with E-state index in [4.69, 9.17) is 5.11 Å². The number of rotatable bonds is 2. The molecule has 0 bridgehead atoms. The molecule has 2 nitrogen and oxygen atoms in total. The smallest absolute Gasteiger partial charge is 0.310 e. The fraction of sp³-hybridized carbons (Fsp3) is 0.250. The minimum Gasteiger partial charge on any atom is -0.481 e. The zero-order valence-electron chi connectivity index (χ0n) is 8.33. The number of hydrogen-bond donors (Lipinski definition) is 1. The summed E-state index contributed by atoms with van der Waals surface area (Å²) in [6, 6.07) is 4.79. The third kappa shape index (κ3) is 1.54. The lowest BCUT2D eigenvalue weighted by molar-refractivity contribution is -0.139. The van der Waals surface area contributed by atoms with Crippen molar-refractivity contribution >= 4 is 11.5 Å².